The molecule has 2 aromatic rings. The van der Waals surface area contributed by atoms with E-state index in [2.05, 4.69) is 0 Å². The van der Waals surface area contributed by atoms with Gasteiger partial charge in [0, 0.05) is 19.1 Å². The van der Waals surface area contributed by atoms with Crippen LogP contribution in [0.4, 0.5) is 0 Å². The van der Waals surface area contributed by atoms with Gasteiger partial charge in [0.05, 0.1) is 18.7 Å². The number of oxazole rings is 1. The maximum absolute atomic E-state index is 11.4. The van der Waals surface area contributed by atoms with Gasteiger partial charge in [-0.05, 0) is 24.1 Å². The fourth-order valence-electron chi connectivity index (χ4n) is 2.48. The van der Waals surface area contributed by atoms with Crippen molar-refractivity contribution < 1.29 is 14.3 Å². The Labute approximate surface area is 104 Å². The van der Waals surface area contributed by atoms with Crippen molar-refractivity contribution in [2.45, 2.75) is 11.8 Å². The van der Waals surface area contributed by atoms with E-state index in [0.717, 1.165) is 11.1 Å². The van der Waals surface area contributed by atoms with Gasteiger partial charge in [-0.3, -0.25) is 4.57 Å². The Morgan fingerprint density at radius 1 is 1.44 bits per heavy atom. The summed E-state index contributed by atoms with van der Waals surface area (Å²) >= 11 is 0. The average Bonchev–Trinajstić information content (AvgIpc) is 2.59. The van der Waals surface area contributed by atoms with Crippen LogP contribution >= 0.6 is 0 Å². The Hall–Kier alpha value is -1.59. The Kier molecular flexibility index (Phi) is 2.53. The van der Waals surface area contributed by atoms with E-state index < -0.39 is 0 Å². The number of aliphatic hydroxyl groups is 1. The smallest absolute Gasteiger partial charge is 0.408 e. The molecule has 0 radical (unpaired) electrons. The first-order valence-electron chi connectivity index (χ1n) is 5.95. The van der Waals surface area contributed by atoms with Crippen molar-refractivity contribution in [1.29, 1.82) is 0 Å². The van der Waals surface area contributed by atoms with E-state index in [1.54, 1.807) is 7.05 Å². The van der Waals surface area contributed by atoms with Gasteiger partial charge >= 0.3 is 5.76 Å². The molecule has 0 unspecified atom stereocenters. The molecule has 5 heteroatoms. The number of fused-ring (bicyclic) bond motifs is 1. The lowest BCUT2D eigenvalue weighted by Crippen LogP contribution is -2.47. The Morgan fingerprint density at radius 2 is 2.22 bits per heavy atom. The van der Waals surface area contributed by atoms with Crippen molar-refractivity contribution in [2.24, 2.45) is 7.05 Å². The molecular formula is C13H15NO4. The van der Waals surface area contributed by atoms with E-state index in [1.165, 1.54) is 4.57 Å². The van der Waals surface area contributed by atoms with Crippen LogP contribution in [-0.2, 0) is 17.2 Å². The zero-order valence-corrected chi connectivity index (χ0v) is 10.2. The van der Waals surface area contributed by atoms with Crippen molar-refractivity contribution in [3.05, 3.63) is 34.3 Å². The van der Waals surface area contributed by atoms with E-state index in [4.69, 9.17) is 14.3 Å². The topological polar surface area (TPSA) is 64.6 Å². The summed E-state index contributed by atoms with van der Waals surface area (Å²) in [6.07, 6.45) is 0.662. The molecule has 1 fully saturated rings. The molecule has 1 aromatic heterocycles. The van der Waals surface area contributed by atoms with Crippen LogP contribution in [-0.4, -0.2) is 29.5 Å². The van der Waals surface area contributed by atoms with Crippen LogP contribution in [0.25, 0.3) is 11.1 Å². The van der Waals surface area contributed by atoms with Gasteiger partial charge < -0.3 is 14.3 Å². The molecular weight excluding hydrogens is 234 g/mol. The van der Waals surface area contributed by atoms with Crippen LogP contribution in [0.1, 0.15) is 12.0 Å². The summed E-state index contributed by atoms with van der Waals surface area (Å²) in [4.78, 5) is 11.4. The fraction of sp³-hybridized carbons (Fsp3) is 0.462. The molecule has 0 bridgehead atoms. The summed E-state index contributed by atoms with van der Waals surface area (Å²) in [6, 6.07) is 5.75. The Balaban J connectivity index is 2.10. The molecule has 5 nitrogen and oxygen atoms in total. The predicted octanol–water partition coefficient (Wildman–Crippen LogP) is 0.782. The number of rotatable bonds is 3. The minimum absolute atomic E-state index is 0.125. The lowest BCUT2D eigenvalue weighted by atomic mass is 9.76. The number of nitrogens with zero attached hydrogens (tertiary/aromatic N) is 1. The molecule has 18 heavy (non-hydrogen) atoms. The highest BCUT2D eigenvalue weighted by molar-refractivity contribution is 5.74. The second-order valence-electron chi connectivity index (χ2n) is 4.86. The van der Waals surface area contributed by atoms with E-state index in [0.29, 0.717) is 25.2 Å². The number of hydrogen-bond acceptors (Lipinski definition) is 4. The van der Waals surface area contributed by atoms with Gasteiger partial charge in [0.25, 0.3) is 0 Å². The molecule has 1 aliphatic heterocycles. The molecule has 3 rings (SSSR count). The molecule has 1 N–H and O–H groups in total. The van der Waals surface area contributed by atoms with Crippen LogP contribution in [0.5, 0.6) is 0 Å². The maximum atomic E-state index is 11.4. The molecule has 0 aliphatic carbocycles. The third-order valence-corrected chi connectivity index (χ3v) is 3.75. The lowest BCUT2D eigenvalue weighted by molar-refractivity contribution is -0.0700. The Morgan fingerprint density at radius 3 is 2.83 bits per heavy atom. The molecule has 0 spiro atoms. The van der Waals surface area contributed by atoms with Gasteiger partial charge in [-0.1, -0.05) is 6.07 Å². The summed E-state index contributed by atoms with van der Waals surface area (Å²) in [5, 5.41) is 9.16. The first kappa shape index (κ1) is 11.5. The van der Waals surface area contributed by atoms with Crippen molar-refractivity contribution >= 4 is 11.1 Å². The SMILES string of the molecule is Cn1c(=O)oc2cc(C3(CCO)COC3)ccc21. The molecule has 1 saturated heterocycles. The minimum atomic E-state index is -0.358. The minimum Gasteiger partial charge on any atom is -0.408 e. The fourth-order valence-corrected chi connectivity index (χ4v) is 2.48. The van der Waals surface area contributed by atoms with Gasteiger partial charge in [0.2, 0.25) is 0 Å². The van der Waals surface area contributed by atoms with E-state index in [9.17, 15) is 4.79 Å². The summed E-state index contributed by atoms with van der Waals surface area (Å²) in [5.41, 5.74) is 2.30. The van der Waals surface area contributed by atoms with Gasteiger partial charge in [-0.25, -0.2) is 4.79 Å². The second kappa shape index (κ2) is 3.96. The van der Waals surface area contributed by atoms with Crippen molar-refractivity contribution in [3.63, 3.8) is 0 Å². The number of ether oxygens (including phenoxy) is 1. The number of benzene rings is 1. The second-order valence-corrected chi connectivity index (χ2v) is 4.86. The van der Waals surface area contributed by atoms with Gasteiger partial charge in [0.15, 0.2) is 5.58 Å². The van der Waals surface area contributed by atoms with Gasteiger partial charge in [-0.2, -0.15) is 0 Å². The van der Waals surface area contributed by atoms with Crippen molar-refractivity contribution in [3.8, 4) is 0 Å². The predicted molar refractivity (Wildman–Crippen MR) is 65.7 cm³/mol. The van der Waals surface area contributed by atoms with Crippen LogP contribution in [0.2, 0.25) is 0 Å². The molecule has 0 saturated carbocycles. The van der Waals surface area contributed by atoms with Crippen LogP contribution < -0.4 is 5.76 Å². The van der Waals surface area contributed by atoms with Gasteiger partial charge in [0.1, 0.15) is 0 Å². The average molecular weight is 249 g/mol. The molecule has 2 heterocycles. The summed E-state index contributed by atoms with van der Waals surface area (Å²) < 4.78 is 11.9. The Bertz CT molecular complexity index is 636. The van der Waals surface area contributed by atoms with Crippen LogP contribution in [0.15, 0.2) is 27.4 Å². The third-order valence-electron chi connectivity index (χ3n) is 3.75. The number of aliphatic hydroxyl groups excluding tert-OH is 1. The molecule has 0 atom stereocenters. The van der Waals surface area contributed by atoms with E-state index >= 15 is 0 Å². The standard InChI is InChI=1S/C13H15NO4/c1-14-10-3-2-9(6-11(10)18-12(14)16)13(4-5-15)7-17-8-13/h2-3,6,15H,4-5,7-8H2,1H3. The largest absolute Gasteiger partial charge is 0.419 e. The van der Waals surface area contributed by atoms with Crippen molar-refractivity contribution in [1.82, 2.24) is 4.57 Å². The molecule has 96 valence electrons. The summed E-state index contributed by atoms with van der Waals surface area (Å²) in [6.45, 7) is 1.34. The van der Waals surface area contributed by atoms with Gasteiger partial charge in [-0.15, -0.1) is 0 Å². The van der Waals surface area contributed by atoms with E-state index in [-0.39, 0.29) is 17.8 Å². The highest BCUT2D eigenvalue weighted by Crippen LogP contribution is 2.36. The number of aryl methyl sites for hydroxylation is 1. The lowest BCUT2D eigenvalue weighted by Gasteiger charge is -2.41. The zero-order valence-electron chi connectivity index (χ0n) is 10.2. The maximum Gasteiger partial charge on any atom is 0.419 e. The van der Waals surface area contributed by atoms with Crippen LogP contribution in [0, 0.1) is 0 Å². The summed E-state index contributed by atoms with van der Waals surface area (Å²) in [5.74, 6) is -0.358. The molecule has 1 aliphatic rings. The van der Waals surface area contributed by atoms with Crippen LogP contribution in [0.3, 0.4) is 0 Å². The highest BCUT2D eigenvalue weighted by Gasteiger charge is 2.40. The summed E-state index contributed by atoms with van der Waals surface area (Å²) in [7, 11) is 1.68. The first-order chi connectivity index (χ1) is 8.66. The monoisotopic (exact) mass is 249 g/mol. The first-order valence-corrected chi connectivity index (χ1v) is 5.95. The number of aromatic nitrogens is 1. The third kappa shape index (κ3) is 1.51. The van der Waals surface area contributed by atoms with Crippen molar-refractivity contribution in [2.75, 3.05) is 19.8 Å². The quantitative estimate of drug-likeness (QED) is 0.873. The molecule has 1 aromatic carbocycles. The number of hydrogen-bond donors (Lipinski definition) is 1. The highest BCUT2D eigenvalue weighted by atomic mass is 16.5. The normalized spacial score (nSPS) is 17.9. The molecule has 0 amide bonds. The zero-order chi connectivity index (χ0) is 12.8. The van der Waals surface area contributed by atoms with E-state index in [1.807, 2.05) is 18.2 Å².